The van der Waals surface area contributed by atoms with E-state index in [0.29, 0.717) is 12.2 Å². The molecule has 0 atom stereocenters. The van der Waals surface area contributed by atoms with Crippen molar-refractivity contribution in [3.63, 3.8) is 0 Å². The molecule has 1 aromatic rings. The molecule has 0 unspecified atom stereocenters. The lowest BCUT2D eigenvalue weighted by atomic mass is 9.99. The molecule has 0 saturated heterocycles. The minimum atomic E-state index is -0.298. The maximum Gasteiger partial charge on any atom is 0.189 e. The first-order valence-corrected chi connectivity index (χ1v) is 6.40. The van der Waals surface area contributed by atoms with Gasteiger partial charge in [-0.05, 0) is 35.2 Å². The molecule has 1 aromatic heterocycles. The molecule has 0 amide bonds. The van der Waals surface area contributed by atoms with E-state index in [0.717, 1.165) is 30.3 Å². The summed E-state index contributed by atoms with van der Waals surface area (Å²) >= 11 is 3.39. The Bertz CT molecular complexity index is 409. The van der Waals surface area contributed by atoms with E-state index in [4.69, 9.17) is 5.73 Å². The van der Waals surface area contributed by atoms with E-state index < -0.39 is 0 Å². The second-order valence-electron chi connectivity index (χ2n) is 4.38. The van der Waals surface area contributed by atoms with Gasteiger partial charge in [0.15, 0.2) is 5.78 Å². The first-order valence-electron chi connectivity index (χ1n) is 5.61. The average molecular weight is 286 g/mol. The summed E-state index contributed by atoms with van der Waals surface area (Å²) in [6, 6.07) is 0. The van der Waals surface area contributed by atoms with Crippen LogP contribution in [-0.2, 0) is 6.54 Å². The van der Waals surface area contributed by atoms with Gasteiger partial charge in [0.1, 0.15) is 5.69 Å². The highest BCUT2D eigenvalue weighted by Crippen LogP contribution is 2.47. The highest BCUT2D eigenvalue weighted by atomic mass is 79.9. The normalized spacial score (nSPS) is 17.4. The van der Waals surface area contributed by atoms with E-state index in [1.54, 1.807) is 10.9 Å². The van der Waals surface area contributed by atoms with Crippen molar-refractivity contribution in [1.29, 1.82) is 0 Å². The highest BCUT2D eigenvalue weighted by molar-refractivity contribution is 9.10. The van der Waals surface area contributed by atoms with Gasteiger partial charge in [-0.25, -0.2) is 0 Å². The number of rotatable bonds is 5. The summed E-state index contributed by atoms with van der Waals surface area (Å²) in [5.74, 6) is 0.146. The number of hydrogen-bond donors (Lipinski definition) is 1. The predicted octanol–water partition coefficient (Wildman–Crippen LogP) is 1.98. The quantitative estimate of drug-likeness (QED) is 0.842. The van der Waals surface area contributed by atoms with Crippen LogP contribution in [0.4, 0.5) is 0 Å². The molecule has 1 fully saturated rings. The molecule has 1 heterocycles. The lowest BCUT2D eigenvalue weighted by Gasteiger charge is -2.12. The maximum absolute atomic E-state index is 12.4. The van der Waals surface area contributed by atoms with Crippen molar-refractivity contribution in [2.45, 2.75) is 32.7 Å². The molecular formula is C11H16BrN3O. The third-order valence-electron chi connectivity index (χ3n) is 3.17. The highest BCUT2D eigenvalue weighted by Gasteiger charge is 2.50. The zero-order valence-electron chi connectivity index (χ0n) is 9.37. The predicted molar refractivity (Wildman–Crippen MR) is 65.3 cm³/mol. The first kappa shape index (κ1) is 11.8. The molecule has 16 heavy (non-hydrogen) atoms. The van der Waals surface area contributed by atoms with Crippen LogP contribution in [0.15, 0.2) is 10.7 Å². The summed E-state index contributed by atoms with van der Waals surface area (Å²) in [5.41, 5.74) is 6.07. The molecule has 4 nitrogen and oxygen atoms in total. The maximum atomic E-state index is 12.4. The number of aryl methyl sites for hydroxylation is 1. The zero-order chi connectivity index (χ0) is 11.8. The number of nitrogens with two attached hydrogens (primary N) is 1. The Kier molecular flexibility index (Phi) is 3.17. The molecule has 1 aliphatic rings. The van der Waals surface area contributed by atoms with Gasteiger partial charge in [-0.1, -0.05) is 6.92 Å². The third kappa shape index (κ3) is 1.82. The van der Waals surface area contributed by atoms with Crippen molar-refractivity contribution < 1.29 is 4.79 Å². The fourth-order valence-electron chi connectivity index (χ4n) is 1.90. The van der Waals surface area contributed by atoms with Gasteiger partial charge in [0, 0.05) is 18.5 Å². The van der Waals surface area contributed by atoms with E-state index in [2.05, 4.69) is 28.0 Å². The average Bonchev–Trinajstić information content (AvgIpc) is 3.00. The molecule has 0 aromatic carbocycles. The SMILES string of the molecule is CCCn1ncc(Br)c1C(=O)C1(CN)CC1. The van der Waals surface area contributed by atoms with Crippen LogP contribution >= 0.6 is 15.9 Å². The van der Waals surface area contributed by atoms with Crippen LogP contribution < -0.4 is 5.73 Å². The van der Waals surface area contributed by atoms with Crippen LogP contribution in [0.1, 0.15) is 36.7 Å². The molecule has 1 saturated carbocycles. The standard InChI is InChI=1S/C11H16BrN3O/c1-2-5-15-9(8(12)6-14-15)10(16)11(7-13)3-4-11/h6H,2-5,7,13H2,1H3. The molecule has 2 rings (SSSR count). The molecule has 0 radical (unpaired) electrons. The molecule has 5 heteroatoms. The number of Topliss-reactive ketones (excluding diaryl/α,β-unsaturated/α-hetero) is 1. The van der Waals surface area contributed by atoms with Crippen molar-refractivity contribution in [2.75, 3.05) is 6.54 Å². The minimum Gasteiger partial charge on any atom is -0.329 e. The minimum absolute atomic E-state index is 0.146. The first-order chi connectivity index (χ1) is 7.64. The van der Waals surface area contributed by atoms with Crippen LogP contribution in [-0.4, -0.2) is 22.1 Å². The van der Waals surface area contributed by atoms with E-state index in [1.807, 2.05) is 0 Å². The van der Waals surface area contributed by atoms with Gasteiger partial charge < -0.3 is 5.73 Å². The van der Waals surface area contributed by atoms with Gasteiger partial charge in [0.2, 0.25) is 0 Å². The molecule has 88 valence electrons. The lowest BCUT2D eigenvalue weighted by molar-refractivity contribution is 0.0893. The smallest absolute Gasteiger partial charge is 0.189 e. The Morgan fingerprint density at radius 2 is 2.38 bits per heavy atom. The topological polar surface area (TPSA) is 60.9 Å². The van der Waals surface area contributed by atoms with Gasteiger partial charge in [-0.2, -0.15) is 5.10 Å². The van der Waals surface area contributed by atoms with Gasteiger partial charge in [-0.3, -0.25) is 9.48 Å². The lowest BCUT2D eigenvalue weighted by Crippen LogP contribution is -2.27. The number of carbonyl (C=O) groups excluding carboxylic acids is 1. The van der Waals surface area contributed by atoms with E-state index in [1.165, 1.54) is 0 Å². The van der Waals surface area contributed by atoms with Crippen molar-refractivity contribution in [1.82, 2.24) is 9.78 Å². The Morgan fingerprint density at radius 3 is 2.88 bits per heavy atom. The van der Waals surface area contributed by atoms with Gasteiger partial charge in [0.05, 0.1) is 10.7 Å². The van der Waals surface area contributed by atoms with E-state index in [9.17, 15) is 4.79 Å². The molecule has 2 N–H and O–H groups in total. The Morgan fingerprint density at radius 1 is 1.69 bits per heavy atom. The number of hydrogen-bond acceptors (Lipinski definition) is 3. The summed E-state index contributed by atoms with van der Waals surface area (Å²) in [5, 5.41) is 4.21. The summed E-state index contributed by atoms with van der Waals surface area (Å²) in [7, 11) is 0. The van der Waals surface area contributed by atoms with Crippen LogP contribution in [0, 0.1) is 5.41 Å². The molecule has 0 aliphatic heterocycles. The fourth-order valence-corrected chi connectivity index (χ4v) is 2.37. The fraction of sp³-hybridized carbons (Fsp3) is 0.636. The zero-order valence-corrected chi connectivity index (χ0v) is 11.0. The number of halogens is 1. The monoisotopic (exact) mass is 285 g/mol. The van der Waals surface area contributed by atoms with Crippen LogP contribution in [0.3, 0.4) is 0 Å². The summed E-state index contributed by atoms with van der Waals surface area (Å²) in [4.78, 5) is 12.4. The third-order valence-corrected chi connectivity index (χ3v) is 3.75. The Balaban J connectivity index is 2.32. The second kappa shape index (κ2) is 4.30. The summed E-state index contributed by atoms with van der Waals surface area (Å²) < 4.78 is 2.56. The van der Waals surface area contributed by atoms with Crippen LogP contribution in [0.25, 0.3) is 0 Å². The van der Waals surface area contributed by atoms with Crippen molar-refractivity contribution >= 4 is 21.7 Å². The Labute approximate surface area is 103 Å². The molecule has 0 bridgehead atoms. The molecular weight excluding hydrogens is 270 g/mol. The van der Waals surface area contributed by atoms with Crippen LogP contribution in [0.5, 0.6) is 0 Å². The summed E-state index contributed by atoms with van der Waals surface area (Å²) in [6.45, 7) is 3.28. The van der Waals surface area contributed by atoms with Gasteiger partial charge >= 0.3 is 0 Å². The van der Waals surface area contributed by atoms with Gasteiger partial charge in [0.25, 0.3) is 0 Å². The largest absolute Gasteiger partial charge is 0.329 e. The summed E-state index contributed by atoms with van der Waals surface area (Å²) in [6.07, 6.45) is 4.47. The number of aromatic nitrogens is 2. The van der Waals surface area contributed by atoms with E-state index >= 15 is 0 Å². The Hall–Kier alpha value is -0.680. The van der Waals surface area contributed by atoms with Crippen molar-refractivity contribution in [3.05, 3.63) is 16.4 Å². The number of ketones is 1. The van der Waals surface area contributed by atoms with Crippen LogP contribution in [0.2, 0.25) is 0 Å². The number of nitrogens with zero attached hydrogens (tertiary/aromatic N) is 2. The van der Waals surface area contributed by atoms with E-state index in [-0.39, 0.29) is 11.2 Å². The molecule has 0 spiro atoms. The molecule has 1 aliphatic carbocycles. The second-order valence-corrected chi connectivity index (χ2v) is 5.23. The van der Waals surface area contributed by atoms with Crippen molar-refractivity contribution in [2.24, 2.45) is 11.1 Å². The van der Waals surface area contributed by atoms with Crippen molar-refractivity contribution in [3.8, 4) is 0 Å². The number of carbonyl (C=O) groups is 1. The van der Waals surface area contributed by atoms with Gasteiger partial charge in [-0.15, -0.1) is 0 Å².